The van der Waals surface area contributed by atoms with E-state index in [0.29, 0.717) is 17.5 Å². The van der Waals surface area contributed by atoms with Gasteiger partial charge in [-0.25, -0.2) is 0 Å². The number of rotatable bonds is 5. The average Bonchev–Trinajstić information content (AvgIpc) is 2.90. The van der Waals surface area contributed by atoms with Crippen molar-refractivity contribution in [1.82, 2.24) is 0 Å². The number of aliphatic hydroxyl groups is 2. The summed E-state index contributed by atoms with van der Waals surface area (Å²) < 4.78 is 167. The van der Waals surface area contributed by atoms with Crippen molar-refractivity contribution >= 4 is 22.4 Å². The second-order valence-corrected chi connectivity index (χ2v) is 7.48. The summed E-state index contributed by atoms with van der Waals surface area (Å²) >= 11 is 3.00. The van der Waals surface area contributed by atoms with E-state index < -0.39 is 78.8 Å². The van der Waals surface area contributed by atoms with Crippen LogP contribution in [0.1, 0.15) is 25.1 Å². The van der Waals surface area contributed by atoms with Crippen LogP contribution in [0.2, 0.25) is 0 Å². The van der Waals surface area contributed by atoms with Gasteiger partial charge in [0, 0.05) is 5.33 Å². The predicted molar refractivity (Wildman–Crippen MR) is 123 cm³/mol. The van der Waals surface area contributed by atoms with E-state index in [9.17, 15) is 57.1 Å². The standard InChI is InChI=1S/C10H8F6O2.C8H4F6O.C2H5BrO.CH3F.CH2O3.2K.H/c11-9(12,13)6-3-7(10(14,15)16)5-8(4-6)18-2-1-17;9-7(10,11)4-1-5(8(12,13)14)3-6(15)2-4;3-1-2-4;1-2;2-1-4-3;;;/h3-5,17H,1-2H2;1-3,15H;4H,1-2H2;1H3;1,3H;;;/q;;;;;2*+1;-1/p-1/i;;;1D;;;;. The van der Waals surface area contributed by atoms with E-state index in [4.69, 9.17) is 26.7 Å². The summed E-state index contributed by atoms with van der Waals surface area (Å²) in [5, 5.41) is 34.1. The van der Waals surface area contributed by atoms with Crippen molar-refractivity contribution in [3.8, 4) is 11.5 Å². The maximum Gasteiger partial charge on any atom is 1.00 e. The molecule has 0 amide bonds. The summed E-state index contributed by atoms with van der Waals surface area (Å²) in [6.45, 7) is -0.851. The summed E-state index contributed by atoms with van der Waals surface area (Å²) in [6, 6.07) is 1.31. The average molecular weight is 804 g/mol. The van der Waals surface area contributed by atoms with Gasteiger partial charge in [-0.3, -0.25) is 9.18 Å². The minimum Gasteiger partial charge on any atom is -1.00 e. The van der Waals surface area contributed by atoms with Crippen LogP contribution in [0.3, 0.4) is 0 Å². The fraction of sp³-hybridized carbons (Fsp3) is 0.409. The van der Waals surface area contributed by atoms with Gasteiger partial charge >= 0.3 is 127 Å². The SMILES string of the molecule is O=CO[O-].OCCBr.OCCOc1cc(C(F)(F)F)cc(C(F)(F)F)c1.Oc1cc(C(F)(F)F)cc(C(F)(F)F)c1.[2H]CF.[H-].[K+].[K+]. The number of hydrogen-bond donors (Lipinski definition) is 3. The van der Waals surface area contributed by atoms with Gasteiger partial charge in [0.15, 0.2) is 0 Å². The van der Waals surface area contributed by atoms with E-state index in [0.717, 1.165) is 0 Å². The number of phenolic OH excluding ortho intramolecular Hbond substituents is 1. The minimum atomic E-state index is -4.92. The smallest absolute Gasteiger partial charge is 1.00 e. The van der Waals surface area contributed by atoms with Crippen LogP contribution in [0, 0.1) is 0 Å². The molecule has 0 saturated heterocycles. The fourth-order valence-corrected chi connectivity index (χ4v) is 2.11. The Hall–Kier alpha value is 0.233. The molecule has 0 heterocycles. The van der Waals surface area contributed by atoms with Gasteiger partial charge in [-0.1, -0.05) is 15.9 Å². The molecule has 0 aliphatic carbocycles. The topological polar surface area (TPSA) is 119 Å². The maximum absolute atomic E-state index is 12.4. The molecule has 23 heteroatoms. The molecule has 0 spiro atoms. The number of aromatic hydroxyl groups is 1. The molecule has 252 valence electrons. The number of carbonyl (C=O) groups excluding carboxylic acids is 1. The molecule has 0 saturated carbocycles. The molecule has 0 aliphatic heterocycles. The zero-order valence-corrected chi connectivity index (χ0v) is 30.7. The summed E-state index contributed by atoms with van der Waals surface area (Å²) in [5.41, 5.74) is -5.97. The van der Waals surface area contributed by atoms with Crippen LogP contribution in [0.15, 0.2) is 36.4 Å². The number of alkyl halides is 14. The monoisotopic (exact) mass is 803 g/mol. The van der Waals surface area contributed by atoms with E-state index in [2.05, 4.69) is 25.6 Å². The van der Waals surface area contributed by atoms with Gasteiger partial charge in [0.1, 0.15) is 18.1 Å². The van der Waals surface area contributed by atoms with Gasteiger partial charge in [0.2, 0.25) is 0 Å². The molecule has 0 aromatic heterocycles. The number of ether oxygens (including phenoxy) is 1. The molecule has 7 nitrogen and oxygen atoms in total. The maximum atomic E-state index is 12.4. The zero-order valence-electron chi connectivity index (χ0n) is 24.8. The number of hydrogen-bond acceptors (Lipinski definition) is 7. The molecule has 0 atom stereocenters. The fourth-order valence-electron chi connectivity index (χ4n) is 2.11. The predicted octanol–water partition coefficient (Wildman–Crippen LogP) is 0.0396. The van der Waals surface area contributed by atoms with Crippen LogP contribution in [-0.4, -0.2) is 54.1 Å². The molecule has 0 radical (unpaired) electrons. The second kappa shape index (κ2) is 27.1. The van der Waals surface area contributed by atoms with Gasteiger partial charge in [-0.2, -0.15) is 52.7 Å². The molecule has 0 bridgehead atoms. The zero-order chi connectivity index (χ0) is 35.4. The number of benzene rings is 2. The van der Waals surface area contributed by atoms with Gasteiger partial charge in [0.25, 0.3) is 6.47 Å². The van der Waals surface area contributed by atoms with Gasteiger partial charge in [0.05, 0.1) is 44.0 Å². The van der Waals surface area contributed by atoms with Gasteiger partial charge in [-0.05, 0) is 36.4 Å². The molecular weight excluding hydrogens is 781 g/mol. The molecule has 45 heavy (non-hydrogen) atoms. The third kappa shape index (κ3) is 26.8. The van der Waals surface area contributed by atoms with Crippen LogP contribution >= 0.6 is 15.9 Å². The summed E-state index contributed by atoms with van der Waals surface area (Å²) in [6.07, 6.45) is -19.6. The van der Waals surface area contributed by atoms with Crippen molar-refractivity contribution in [3.05, 3.63) is 58.7 Å². The summed E-state index contributed by atoms with van der Waals surface area (Å²) in [7, 11) is -1.00. The van der Waals surface area contributed by atoms with Crippen LogP contribution in [0.5, 0.6) is 11.5 Å². The third-order valence-electron chi connectivity index (χ3n) is 3.62. The largest absolute Gasteiger partial charge is 1.00 e. The van der Waals surface area contributed by atoms with Gasteiger partial charge in [-0.15, -0.1) is 0 Å². The van der Waals surface area contributed by atoms with Crippen molar-refractivity contribution in [3.63, 3.8) is 0 Å². The molecule has 2 rings (SSSR count). The van der Waals surface area contributed by atoms with Crippen molar-refractivity contribution in [2.45, 2.75) is 24.7 Å². The first kappa shape index (κ1) is 52.1. The molecule has 2 aromatic rings. The number of carbonyl (C=O) groups is 1. The summed E-state index contributed by atoms with van der Waals surface area (Å²) in [4.78, 5) is 11.2. The Morgan fingerprint density at radius 2 is 1.04 bits per heavy atom. The molecule has 0 fully saturated rings. The second-order valence-electron chi connectivity index (χ2n) is 6.68. The first-order chi connectivity index (χ1) is 20.0. The van der Waals surface area contributed by atoms with Crippen molar-refractivity contribution in [1.29, 1.82) is 0 Å². The van der Waals surface area contributed by atoms with Gasteiger partial charge < -0.3 is 31.6 Å². The first-order valence-corrected chi connectivity index (χ1v) is 11.4. The van der Waals surface area contributed by atoms with E-state index in [1.807, 2.05) is 0 Å². The van der Waals surface area contributed by atoms with E-state index >= 15 is 0 Å². The van der Waals surface area contributed by atoms with Crippen molar-refractivity contribution in [2.75, 3.05) is 32.3 Å². The molecule has 0 aliphatic rings. The number of phenols is 1. The van der Waals surface area contributed by atoms with E-state index in [1.54, 1.807) is 0 Å². The number of halogens is 14. The summed E-state index contributed by atoms with van der Waals surface area (Å²) in [5.74, 6) is -1.66. The molecular formula is C22H22BrF13K2O7. The van der Waals surface area contributed by atoms with E-state index in [-0.39, 0.29) is 142 Å². The quantitative estimate of drug-likeness (QED) is 0.0977. The van der Waals surface area contributed by atoms with Crippen LogP contribution in [0.25, 0.3) is 0 Å². The Labute approximate surface area is 342 Å². The van der Waals surface area contributed by atoms with E-state index in [1.165, 1.54) is 0 Å². The third-order valence-corrected chi connectivity index (χ3v) is 3.97. The Morgan fingerprint density at radius 3 is 1.24 bits per heavy atom. The molecule has 2 aromatic carbocycles. The normalized spacial score (nSPS) is 10.9. The molecule has 0 unspecified atom stereocenters. The Balaban J connectivity index is -0.000000131. The van der Waals surface area contributed by atoms with Crippen molar-refractivity contribution in [2.24, 2.45) is 0 Å². The Morgan fingerprint density at radius 1 is 0.778 bits per heavy atom. The first-order valence-electron chi connectivity index (χ1n) is 11.0. The Kier molecular flexibility index (Phi) is 31.3. The van der Waals surface area contributed by atoms with Crippen LogP contribution in [0.4, 0.5) is 57.1 Å². The van der Waals surface area contributed by atoms with Crippen LogP contribution < -0.4 is 113 Å². The minimum absolute atomic E-state index is 0. The Bertz CT molecular complexity index is 1010. The van der Waals surface area contributed by atoms with Crippen molar-refractivity contribution < 1.29 is 198 Å². The van der Waals surface area contributed by atoms with Crippen LogP contribution in [-0.2, 0) is 34.4 Å². The number of aliphatic hydroxyl groups excluding tert-OH is 2. The molecule has 3 N–H and O–H groups in total.